The van der Waals surface area contributed by atoms with Crippen LogP contribution in [0.1, 0.15) is 47.5 Å². The normalized spacial score (nSPS) is 27.4. The summed E-state index contributed by atoms with van der Waals surface area (Å²) in [6, 6.07) is 0. The highest BCUT2D eigenvalue weighted by molar-refractivity contribution is 6.10. The van der Waals surface area contributed by atoms with Crippen molar-refractivity contribution in [3.8, 4) is 0 Å². The average Bonchev–Trinajstić information content (AvgIpc) is 2.58. The molecule has 1 heterocycles. The van der Waals surface area contributed by atoms with Crippen molar-refractivity contribution in [2.24, 2.45) is 15.7 Å². The van der Waals surface area contributed by atoms with E-state index in [4.69, 9.17) is 0 Å². The number of hydrogen-bond donors (Lipinski definition) is 4. The van der Waals surface area contributed by atoms with Crippen LogP contribution in [0.15, 0.2) is 22.0 Å². The molecular weight excluding hydrogens is 330 g/mol. The minimum absolute atomic E-state index is 0.320. The van der Waals surface area contributed by atoms with Gasteiger partial charge < -0.3 is 25.9 Å². The van der Waals surface area contributed by atoms with Gasteiger partial charge in [0.05, 0.1) is 17.0 Å². The largest absolute Gasteiger partial charge is 0.411 e. The van der Waals surface area contributed by atoms with Crippen LogP contribution in [0.25, 0.3) is 0 Å². The van der Waals surface area contributed by atoms with Gasteiger partial charge in [-0.05, 0) is 34.2 Å². The third-order valence-corrected chi connectivity index (χ3v) is 5.54. The number of rotatable bonds is 3. The molecule has 7 heteroatoms. The Balaban J connectivity index is 3.21. The highest BCUT2D eigenvalue weighted by Crippen LogP contribution is 2.33. The van der Waals surface area contributed by atoms with Gasteiger partial charge in [-0.3, -0.25) is 0 Å². The Labute approximate surface area is 158 Å². The lowest BCUT2D eigenvalue weighted by Gasteiger charge is -2.35. The number of allylic oxidation sites excluding steroid dienone is 1. The second-order valence-electron chi connectivity index (χ2n) is 7.96. The fourth-order valence-electron chi connectivity index (χ4n) is 3.44. The van der Waals surface area contributed by atoms with Crippen LogP contribution in [0, 0.1) is 5.41 Å². The molecule has 1 saturated heterocycles. The summed E-state index contributed by atoms with van der Waals surface area (Å²) in [5.74, 6) is 0. The number of nitrogens with one attached hydrogen (secondary N) is 2. The molecule has 7 nitrogen and oxygen atoms in total. The fourth-order valence-corrected chi connectivity index (χ4v) is 3.44. The maximum absolute atomic E-state index is 9.68. The molecule has 4 N–H and O–H groups in total. The molecule has 1 aliphatic heterocycles. The van der Waals surface area contributed by atoms with Gasteiger partial charge >= 0.3 is 0 Å². The molecule has 1 fully saturated rings. The molecule has 0 aromatic rings. The predicted molar refractivity (Wildman–Crippen MR) is 108 cm³/mol. The van der Waals surface area contributed by atoms with Gasteiger partial charge in [0.15, 0.2) is 0 Å². The third kappa shape index (κ3) is 5.79. The number of likely N-dealkylation sites (N-methyl/N-ethyl adjacent to an activating group) is 1. The van der Waals surface area contributed by atoms with Crippen LogP contribution < -0.4 is 10.6 Å². The molecule has 1 rings (SSSR count). The minimum Gasteiger partial charge on any atom is -0.411 e. The van der Waals surface area contributed by atoms with Gasteiger partial charge in [-0.2, -0.15) is 0 Å². The Kier molecular flexibility index (Phi) is 8.73. The van der Waals surface area contributed by atoms with Crippen molar-refractivity contribution in [3.63, 3.8) is 0 Å². The van der Waals surface area contributed by atoms with Crippen molar-refractivity contribution < 1.29 is 10.4 Å². The zero-order valence-corrected chi connectivity index (χ0v) is 17.3. The predicted octanol–water partition coefficient (Wildman–Crippen LogP) is 2.30. The van der Waals surface area contributed by atoms with E-state index >= 15 is 0 Å². The summed E-state index contributed by atoms with van der Waals surface area (Å²) in [5.41, 5.74) is 1.49. The summed E-state index contributed by atoms with van der Waals surface area (Å²) in [6.07, 6.45) is 3.34. The van der Waals surface area contributed by atoms with E-state index in [0.717, 1.165) is 39.1 Å². The molecule has 0 aromatic carbocycles. The summed E-state index contributed by atoms with van der Waals surface area (Å²) in [7, 11) is 1.96. The summed E-state index contributed by atoms with van der Waals surface area (Å²) < 4.78 is 0. The first kappa shape index (κ1) is 22.6. The molecule has 0 radical (unpaired) electrons. The highest BCUT2D eigenvalue weighted by atomic mass is 16.4. The third-order valence-electron chi connectivity index (χ3n) is 5.54. The second-order valence-corrected chi connectivity index (χ2v) is 7.96. The van der Waals surface area contributed by atoms with Crippen LogP contribution in [-0.2, 0) is 0 Å². The van der Waals surface area contributed by atoms with Gasteiger partial charge in [0.2, 0.25) is 0 Å². The fraction of sp³-hybridized carbons (Fsp3) is 0.789. The van der Waals surface area contributed by atoms with E-state index in [9.17, 15) is 10.4 Å². The molecule has 0 saturated carbocycles. The van der Waals surface area contributed by atoms with Crippen LogP contribution in [0.5, 0.6) is 0 Å². The van der Waals surface area contributed by atoms with E-state index in [2.05, 4.69) is 45.8 Å². The van der Waals surface area contributed by atoms with E-state index in [0.29, 0.717) is 17.8 Å². The van der Waals surface area contributed by atoms with Crippen LogP contribution >= 0.6 is 0 Å². The maximum atomic E-state index is 9.68. The van der Waals surface area contributed by atoms with Crippen molar-refractivity contribution in [1.29, 1.82) is 0 Å². The van der Waals surface area contributed by atoms with E-state index in [-0.39, 0.29) is 0 Å². The number of nitrogens with zero attached hydrogens (tertiary/aromatic N) is 3. The Morgan fingerprint density at radius 1 is 1.15 bits per heavy atom. The Morgan fingerprint density at radius 2 is 1.81 bits per heavy atom. The molecule has 0 amide bonds. The first-order valence-electron chi connectivity index (χ1n) is 9.43. The van der Waals surface area contributed by atoms with Gasteiger partial charge in [0.25, 0.3) is 0 Å². The molecule has 0 aliphatic carbocycles. The summed E-state index contributed by atoms with van der Waals surface area (Å²) in [5, 5.41) is 33.1. The summed E-state index contributed by atoms with van der Waals surface area (Å²) in [4.78, 5) is 2.42. The summed E-state index contributed by atoms with van der Waals surface area (Å²) in [6.45, 7) is 14.7. The van der Waals surface area contributed by atoms with Crippen molar-refractivity contribution in [2.45, 2.75) is 53.0 Å². The lowest BCUT2D eigenvalue weighted by molar-refractivity contribution is 0.263. The smallest absolute Gasteiger partial charge is 0.0822 e. The minimum atomic E-state index is -0.495. The first-order valence-corrected chi connectivity index (χ1v) is 9.43. The Morgan fingerprint density at radius 3 is 2.35 bits per heavy atom. The summed E-state index contributed by atoms with van der Waals surface area (Å²) >= 11 is 0. The molecule has 150 valence electrons. The van der Waals surface area contributed by atoms with Gasteiger partial charge in [-0.25, -0.2) is 0 Å². The Bertz CT molecular complexity index is 538. The standard InChI is InChI=1S/C19H37N5O2/c1-7-15-8-11-24(12-9-20-6)13-10-21-19(4,5)17(23-26)14-16(22-25)18(15,2)3/h7,20-21,25-26H,8-14H2,1-6H3/b15-7-,22-16-,23-17-. The van der Waals surface area contributed by atoms with Gasteiger partial charge in [0.1, 0.15) is 0 Å². The average molecular weight is 368 g/mol. The van der Waals surface area contributed by atoms with Crippen molar-refractivity contribution in [1.82, 2.24) is 15.5 Å². The van der Waals surface area contributed by atoms with Crippen LogP contribution in [0.4, 0.5) is 0 Å². The molecule has 0 spiro atoms. The van der Waals surface area contributed by atoms with E-state index in [1.54, 1.807) is 0 Å². The van der Waals surface area contributed by atoms with Crippen LogP contribution in [0.2, 0.25) is 0 Å². The molecule has 0 bridgehead atoms. The molecule has 0 aromatic heterocycles. The molecular formula is C19H37N5O2. The zero-order valence-electron chi connectivity index (χ0n) is 17.3. The van der Waals surface area contributed by atoms with E-state index in [1.165, 1.54) is 5.57 Å². The van der Waals surface area contributed by atoms with E-state index in [1.807, 2.05) is 27.8 Å². The lowest BCUT2D eigenvalue weighted by atomic mass is 9.74. The lowest BCUT2D eigenvalue weighted by Crippen LogP contribution is -2.51. The van der Waals surface area contributed by atoms with Crippen molar-refractivity contribution >= 4 is 11.4 Å². The molecule has 0 atom stereocenters. The molecule has 1 aliphatic rings. The SMILES string of the molecule is C/C=C1/CCN(CCNC)CCNC(C)(C)/C(=N\O)C/C(=N/O)C1(C)C. The van der Waals surface area contributed by atoms with Crippen LogP contribution in [0.3, 0.4) is 0 Å². The quantitative estimate of drug-likeness (QED) is 0.349. The second kappa shape index (κ2) is 10.0. The molecule has 26 heavy (non-hydrogen) atoms. The van der Waals surface area contributed by atoms with Gasteiger partial charge in [-0.1, -0.05) is 35.8 Å². The van der Waals surface area contributed by atoms with Gasteiger partial charge in [-0.15, -0.1) is 0 Å². The van der Waals surface area contributed by atoms with Crippen molar-refractivity contribution in [2.75, 3.05) is 39.8 Å². The Hall–Kier alpha value is -1.44. The van der Waals surface area contributed by atoms with Crippen LogP contribution in [-0.4, -0.2) is 72.0 Å². The monoisotopic (exact) mass is 367 g/mol. The maximum Gasteiger partial charge on any atom is 0.0822 e. The number of oxime groups is 2. The van der Waals surface area contributed by atoms with E-state index < -0.39 is 11.0 Å². The number of hydrogen-bond acceptors (Lipinski definition) is 7. The zero-order chi connectivity index (χ0) is 19.8. The first-order chi connectivity index (χ1) is 12.2. The van der Waals surface area contributed by atoms with Gasteiger partial charge in [0, 0.05) is 44.6 Å². The highest BCUT2D eigenvalue weighted by Gasteiger charge is 2.35. The van der Waals surface area contributed by atoms with Crippen molar-refractivity contribution in [3.05, 3.63) is 11.6 Å². The molecule has 0 unspecified atom stereocenters. The topological polar surface area (TPSA) is 92.5 Å².